The van der Waals surface area contributed by atoms with E-state index in [9.17, 15) is 29.1 Å². The van der Waals surface area contributed by atoms with Crippen LogP contribution in [0.2, 0.25) is 0 Å². The number of fused-ring (bicyclic) bond motifs is 1. The van der Waals surface area contributed by atoms with Crippen LogP contribution in [0.4, 0.5) is 0 Å². The Morgan fingerprint density at radius 1 is 1.00 bits per heavy atom. The number of carboxylic acid groups (broad SMARTS) is 1. The number of β-lactam (4-membered cyclic amide) rings is 1. The van der Waals surface area contributed by atoms with Crippen molar-refractivity contribution in [3.63, 3.8) is 0 Å². The molecule has 2 atom stereocenters. The molecule has 2 amide bonds. The van der Waals surface area contributed by atoms with Gasteiger partial charge in [0.1, 0.15) is 18.5 Å². The molecule has 1 unspecified atom stereocenters. The fourth-order valence-electron chi connectivity index (χ4n) is 4.82. The maximum atomic E-state index is 12.6. The number of halogens is 1. The summed E-state index contributed by atoms with van der Waals surface area (Å²) >= 11 is 7.48. The fraction of sp³-hybridized carbons (Fsp3) is 0.294. The van der Waals surface area contributed by atoms with Crippen LogP contribution >= 0.6 is 35.1 Å². The molecular formula is C34H35ClN5O8S2-. The molecule has 3 heterocycles. The Morgan fingerprint density at radius 2 is 1.62 bits per heavy atom. The molecule has 0 saturated carbocycles. The molecule has 13 nitrogen and oxygen atoms in total. The first kappa shape index (κ1) is 38.4. The molecule has 1 aromatic heterocycles. The molecule has 1 fully saturated rings. The zero-order valence-electron chi connectivity index (χ0n) is 27.0. The van der Waals surface area contributed by atoms with E-state index < -0.39 is 46.6 Å². The summed E-state index contributed by atoms with van der Waals surface area (Å²) in [4.78, 5) is 66.1. The third kappa shape index (κ3) is 10.5. The summed E-state index contributed by atoms with van der Waals surface area (Å²) in [6, 6.07) is 22.9. The lowest BCUT2D eigenvalue weighted by molar-refractivity contribution is -0.301. The maximum Gasteiger partial charge on any atom is 0.277 e. The van der Waals surface area contributed by atoms with Crippen LogP contribution in [0, 0.1) is 0 Å². The number of benzene rings is 2. The number of nitrogens with one attached hydrogen (secondary N) is 3. The van der Waals surface area contributed by atoms with Crippen molar-refractivity contribution in [1.29, 1.82) is 0 Å². The van der Waals surface area contributed by atoms with Gasteiger partial charge in [-0.15, -0.1) is 23.4 Å². The molecule has 3 N–H and O–H groups in total. The number of oxime groups is 1. The molecule has 0 radical (unpaired) electrons. The highest BCUT2D eigenvalue weighted by Gasteiger charge is 2.53. The van der Waals surface area contributed by atoms with Crippen LogP contribution in [0.1, 0.15) is 21.7 Å². The second kappa shape index (κ2) is 19.7. The first-order chi connectivity index (χ1) is 24.2. The third-order valence-electron chi connectivity index (χ3n) is 7.23. The number of nitrogens with zero attached hydrogens (tertiary/aromatic N) is 2. The van der Waals surface area contributed by atoms with Crippen LogP contribution in [-0.4, -0.2) is 88.3 Å². The quantitative estimate of drug-likeness (QED) is 0.0486. The third-order valence-corrected chi connectivity index (χ3v) is 9.77. The molecule has 0 aliphatic carbocycles. The van der Waals surface area contributed by atoms with Gasteiger partial charge in [0.25, 0.3) is 16.9 Å². The van der Waals surface area contributed by atoms with Gasteiger partial charge in [-0.3, -0.25) is 24.1 Å². The molecule has 50 heavy (non-hydrogen) atoms. The average Bonchev–Trinajstić information content (AvgIpc) is 3.69. The molecule has 0 bridgehead atoms. The summed E-state index contributed by atoms with van der Waals surface area (Å²) < 4.78 is 5.01. The Labute approximate surface area is 302 Å². The molecule has 5 rings (SSSR count). The van der Waals surface area contributed by atoms with E-state index in [-0.39, 0.29) is 28.1 Å². The summed E-state index contributed by atoms with van der Waals surface area (Å²) in [6.07, 6.45) is 1.34. The van der Waals surface area contributed by atoms with E-state index in [1.54, 1.807) is 6.07 Å². The number of carbonyl (C=O) groups excluding carboxylic acids is 5. The average molecular weight is 741 g/mol. The summed E-state index contributed by atoms with van der Waals surface area (Å²) in [5.74, 6) is -4.26. The number of carboxylic acids is 1. The number of hydrogen-bond acceptors (Lipinski definition) is 13. The molecule has 0 spiro atoms. The van der Waals surface area contributed by atoms with E-state index in [1.807, 2.05) is 12.1 Å². The number of carbonyl (C=O) groups is 5. The number of alkyl halides is 1. The predicted molar refractivity (Wildman–Crippen MR) is 189 cm³/mol. The topological polar surface area (TPSA) is 182 Å². The van der Waals surface area contributed by atoms with Crippen LogP contribution in [0.15, 0.2) is 99.9 Å². The summed E-state index contributed by atoms with van der Waals surface area (Å²) in [5, 5.41) is 23.2. The highest BCUT2D eigenvalue weighted by atomic mass is 35.5. The molecular weight excluding hydrogens is 706 g/mol. The molecule has 16 heteroatoms. The van der Waals surface area contributed by atoms with E-state index in [0.29, 0.717) is 5.57 Å². The molecule has 2 aromatic carbocycles. The number of Topliss-reactive ketones (excluding diaryl/α,β-unsaturated/α-hetero) is 1. The van der Waals surface area contributed by atoms with Gasteiger partial charge in [-0.2, -0.15) is 0 Å². The minimum Gasteiger partial charge on any atom is -0.543 e. The van der Waals surface area contributed by atoms with Crippen molar-refractivity contribution in [3.8, 4) is 0 Å². The lowest BCUT2D eigenvalue weighted by atomic mass is 10.0. The molecule has 1 saturated heterocycles. The standard InChI is InChI=1S/C18H16ClN3O8S2.C16H20N2/c1-29-21-11(9(23)5-19)14(24)20-12-15(25)22-13(17(26)27)8(6-31-16(12)22)7-32-18(28)10-3-2-4-30-10;1-3-7-15(8-4-1)13-17-11-12-18-14-16-9-5-2-6-10-16/h2-4,12,16H,5-7H2,1H3,(H,20,24)(H,26,27);1-10,17-18H,11-14H2/p-1/b21-11-;/t12-,16?;/m1./s1. The summed E-state index contributed by atoms with van der Waals surface area (Å²) in [6.45, 7) is 3.85. The SMILES string of the molecule is CO/N=C(/C(=O)CCl)C(=O)N[C@@H]1C(=O)N2C(C(=O)[O-])=C(CSC(=O)c3ccco3)CSC12.c1ccc(CNCCNCc2ccccc2)cc1. The number of amides is 2. The van der Waals surface area contributed by atoms with Gasteiger partial charge in [-0.05, 0) is 28.8 Å². The number of aliphatic carboxylic acids is 1. The van der Waals surface area contributed by atoms with Gasteiger partial charge in [0, 0.05) is 37.7 Å². The summed E-state index contributed by atoms with van der Waals surface area (Å²) in [5.41, 5.74) is 2.04. The molecule has 264 valence electrons. The van der Waals surface area contributed by atoms with Crippen molar-refractivity contribution >= 4 is 69.5 Å². The zero-order chi connectivity index (χ0) is 35.9. The van der Waals surface area contributed by atoms with Crippen molar-refractivity contribution in [2.45, 2.75) is 24.5 Å². The zero-order valence-corrected chi connectivity index (χ0v) is 29.4. The molecule has 2 aliphatic rings. The van der Waals surface area contributed by atoms with Crippen LogP contribution in [-0.2, 0) is 37.1 Å². The number of rotatable bonds is 16. The second-order valence-electron chi connectivity index (χ2n) is 10.7. The lowest BCUT2D eigenvalue weighted by Crippen LogP contribution is -2.71. The van der Waals surface area contributed by atoms with E-state index in [0.717, 1.165) is 50.0 Å². The second-order valence-corrected chi connectivity index (χ2v) is 13.0. The fourth-order valence-corrected chi connectivity index (χ4v) is 7.22. The minimum atomic E-state index is -1.58. The van der Waals surface area contributed by atoms with Gasteiger partial charge in [-0.1, -0.05) is 77.6 Å². The first-order valence-corrected chi connectivity index (χ1v) is 17.9. The van der Waals surface area contributed by atoms with E-state index in [2.05, 4.69) is 74.5 Å². The van der Waals surface area contributed by atoms with Gasteiger partial charge in [0.05, 0.1) is 23.8 Å². The Kier molecular flexibility index (Phi) is 15.1. The van der Waals surface area contributed by atoms with Gasteiger partial charge >= 0.3 is 0 Å². The van der Waals surface area contributed by atoms with Crippen molar-refractivity contribution < 1.29 is 38.3 Å². The van der Waals surface area contributed by atoms with Crippen LogP contribution in [0.3, 0.4) is 0 Å². The first-order valence-electron chi connectivity index (χ1n) is 15.3. The monoisotopic (exact) mass is 740 g/mol. The van der Waals surface area contributed by atoms with Crippen LogP contribution in [0.5, 0.6) is 0 Å². The van der Waals surface area contributed by atoms with Gasteiger partial charge in [0.2, 0.25) is 11.5 Å². The number of thioether (sulfide) groups is 2. The highest BCUT2D eigenvalue weighted by Crippen LogP contribution is 2.41. The van der Waals surface area contributed by atoms with Crippen molar-refractivity contribution in [1.82, 2.24) is 20.9 Å². The Morgan fingerprint density at radius 3 is 2.14 bits per heavy atom. The number of furan rings is 1. The van der Waals surface area contributed by atoms with Crippen molar-refractivity contribution in [2.24, 2.45) is 5.16 Å². The van der Waals surface area contributed by atoms with E-state index in [4.69, 9.17) is 16.0 Å². The van der Waals surface area contributed by atoms with Gasteiger partial charge in [0.15, 0.2) is 5.76 Å². The number of ketones is 1. The van der Waals surface area contributed by atoms with Crippen LogP contribution < -0.4 is 21.1 Å². The Balaban J connectivity index is 0.000000263. The van der Waals surface area contributed by atoms with Gasteiger partial charge in [-0.25, -0.2) is 0 Å². The van der Waals surface area contributed by atoms with Crippen molar-refractivity contribution in [2.75, 3.05) is 37.6 Å². The van der Waals surface area contributed by atoms with Crippen LogP contribution in [0.25, 0.3) is 0 Å². The minimum absolute atomic E-state index is 0.0121. The lowest BCUT2D eigenvalue weighted by Gasteiger charge is -2.50. The highest BCUT2D eigenvalue weighted by molar-refractivity contribution is 8.14. The molecule has 3 aromatic rings. The summed E-state index contributed by atoms with van der Waals surface area (Å²) in [7, 11) is 1.13. The predicted octanol–water partition coefficient (Wildman–Crippen LogP) is 1.93. The smallest absolute Gasteiger partial charge is 0.277 e. The Bertz CT molecular complexity index is 1650. The Hall–Kier alpha value is -4.41. The molecule has 2 aliphatic heterocycles. The maximum absolute atomic E-state index is 12.6. The van der Waals surface area contributed by atoms with Gasteiger partial charge < -0.3 is 35.1 Å². The normalized spacial score (nSPS) is 16.8. The van der Waals surface area contributed by atoms with E-state index >= 15 is 0 Å². The number of hydrogen-bond donors (Lipinski definition) is 3. The largest absolute Gasteiger partial charge is 0.543 e. The van der Waals surface area contributed by atoms with Crippen molar-refractivity contribution in [3.05, 3.63) is 107 Å². The van der Waals surface area contributed by atoms with E-state index in [1.165, 1.54) is 35.2 Å².